The summed E-state index contributed by atoms with van der Waals surface area (Å²) < 4.78 is 7.78. The molecule has 0 saturated heterocycles. The molecule has 0 radical (unpaired) electrons. The van der Waals surface area contributed by atoms with Gasteiger partial charge in [0.2, 0.25) is 0 Å². The molecule has 1 aromatic heterocycles. The van der Waals surface area contributed by atoms with E-state index in [4.69, 9.17) is 4.74 Å². The van der Waals surface area contributed by atoms with E-state index in [0.717, 1.165) is 29.8 Å². The molecule has 172 valence electrons. The van der Waals surface area contributed by atoms with Gasteiger partial charge < -0.3 is 14.6 Å². The number of carbonyl (C=O) groups is 1. The molecule has 0 aliphatic heterocycles. The summed E-state index contributed by atoms with van der Waals surface area (Å²) in [4.78, 5) is 12.8. The summed E-state index contributed by atoms with van der Waals surface area (Å²) in [6.45, 7) is 0.424. The molecule has 34 heavy (non-hydrogen) atoms. The van der Waals surface area contributed by atoms with Gasteiger partial charge in [-0.1, -0.05) is 55.0 Å². The standard InChI is InChI=1S/C30H30N2O2/c1-34-29-15-9-8-13-25(29)21-31-30(33)23-16-18-26(19-17-23)32-27-14-7-3-6-12-24(27)20-28(32)22-10-4-2-5-11-22/h2,4-5,8-11,13,15-20H,3,6-7,12,14,21H2,1H3,(H,31,33). The molecule has 0 fully saturated rings. The van der Waals surface area contributed by atoms with Crippen molar-refractivity contribution in [3.8, 4) is 22.7 Å². The molecule has 3 aromatic carbocycles. The first-order valence-corrected chi connectivity index (χ1v) is 12.0. The summed E-state index contributed by atoms with van der Waals surface area (Å²) in [6, 6.07) is 28.7. The number of para-hydroxylation sites is 1. The first-order chi connectivity index (χ1) is 16.7. The fourth-order valence-electron chi connectivity index (χ4n) is 4.88. The SMILES string of the molecule is COc1ccccc1CNC(=O)c1ccc(-n2c(-c3ccccc3)cc3c2CCCCC3)cc1. The van der Waals surface area contributed by atoms with E-state index in [1.54, 1.807) is 7.11 Å². The normalized spacial score (nSPS) is 13.1. The van der Waals surface area contributed by atoms with Gasteiger partial charge in [0, 0.05) is 29.1 Å². The zero-order valence-electron chi connectivity index (χ0n) is 19.6. The van der Waals surface area contributed by atoms with E-state index in [1.165, 1.54) is 41.8 Å². The minimum Gasteiger partial charge on any atom is -0.496 e. The molecule has 1 aliphatic carbocycles. The highest BCUT2D eigenvalue weighted by Crippen LogP contribution is 2.33. The van der Waals surface area contributed by atoms with Crippen LogP contribution >= 0.6 is 0 Å². The molecule has 1 N–H and O–H groups in total. The lowest BCUT2D eigenvalue weighted by atomic mass is 10.1. The summed E-state index contributed by atoms with van der Waals surface area (Å²) in [5.74, 6) is 0.687. The van der Waals surface area contributed by atoms with Crippen LogP contribution in [0.25, 0.3) is 16.9 Å². The molecule has 5 rings (SSSR count). The number of carbonyl (C=O) groups excluding carboxylic acids is 1. The lowest BCUT2D eigenvalue weighted by Crippen LogP contribution is -2.23. The van der Waals surface area contributed by atoms with Crippen molar-refractivity contribution in [3.63, 3.8) is 0 Å². The lowest BCUT2D eigenvalue weighted by molar-refractivity contribution is 0.0950. The number of benzene rings is 3. The number of nitrogens with one attached hydrogen (secondary N) is 1. The van der Waals surface area contributed by atoms with Gasteiger partial charge in [-0.2, -0.15) is 0 Å². The smallest absolute Gasteiger partial charge is 0.251 e. The number of methoxy groups -OCH3 is 1. The minimum atomic E-state index is -0.0907. The van der Waals surface area contributed by atoms with Crippen LogP contribution < -0.4 is 10.1 Å². The number of rotatable bonds is 6. The number of fused-ring (bicyclic) bond motifs is 1. The fourth-order valence-corrected chi connectivity index (χ4v) is 4.88. The maximum atomic E-state index is 12.8. The molecule has 4 heteroatoms. The van der Waals surface area contributed by atoms with Crippen molar-refractivity contribution < 1.29 is 9.53 Å². The van der Waals surface area contributed by atoms with Crippen LogP contribution in [-0.2, 0) is 19.4 Å². The summed E-state index contributed by atoms with van der Waals surface area (Å²) >= 11 is 0. The highest BCUT2D eigenvalue weighted by atomic mass is 16.5. The Morgan fingerprint density at radius 2 is 1.62 bits per heavy atom. The summed E-state index contributed by atoms with van der Waals surface area (Å²) in [7, 11) is 1.64. The second kappa shape index (κ2) is 10.0. The zero-order valence-corrected chi connectivity index (χ0v) is 19.6. The first kappa shape index (κ1) is 22.0. The minimum absolute atomic E-state index is 0.0907. The van der Waals surface area contributed by atoms with Gasteiger partial charge in [-0.25, -0.2) is 0 Å². The summed E-state index contributed by atoms with van der Waals surface area (Å²) in [5.41, 5.74) is 8.01. The van der Waals surface area contributed by atoms with Crippen molar-refractivity contribution in [2.24, 2.45) is 0 Å². The van der Waals surface area contributed by atoms with Gasteiger partial charge in [0.1, 0.15) is 5.75 Å². The number of ether oxygens (including phenoxy) is 1. The topological polar surface area (TPSA) is 43.3 Å². The van der Waals surface area contributed by atoms with Crippen LogP contribution in [0.4, 0.5) is 0 Å². The van der Waals surface area contributed by atoms with Gasteiger partial charge in [-0.3, -0.25) is 4.79 Å². The highest BCUT2D eigenvalue weighted by molar-refractivity contribution is 5.94. The Kier molecular flexibility index (Phi) is 6.48. The van der Waals surface area contributed by atoms with E-state index < -0.39 is 0 Å². The maximum Gasteiger partial charge on any atom is 0.251 e. The molecule has 1 aliphatic rings. The third kappa shape index (κ3) is 4.49. The van der Waals surface area contributed by atoms with Crippen LogP contribution in [-0.4, -0.2) is 17.6 Å². The van der Waals surface area contributed by atoms with Crippen molar-refractivity contribution >= 4 is 5.91 Å². The van der Waals surface area contributed by atoms with Crippen molar-refractivity contribution in [2.75, 3.05) is 7.11 Å². The number of hydrogen-bond donors (Lipinski definition) is 1. The Balaban J connectivity index is 1.42. The molecule has 1 amide bonds. The Hall–Kier alpha value is -3.79. The quantitative estimate of drug-likeness (QED) is 0.348. The Morgan fingerprint density at radius 3 is 2.41 bits per heavy atom. The molecular weight excluding hydrogens is 420 g/mol. The van der Waals surface area contributed by atoms with Gasteiger partial charge in [-0.05, 0) is 73.2 Å². The van der Waals surface area contributed by atoms with Crippen molar-refractivity contribution in [3.05, 3.63) is 107 Å². The maximum absolute atomic E-state index is 12.8. The second-order valence-electron chi connectivity index (χ2n) is 8.81. The molecule has 0 saturated carbocycles. The predicted octanol–water partition coefficient (Wildman–Crippen LogP) is 6.35. The molecule has 0 unspecified atom stereocenters. The van der Waals surface area contributed by atoms with Crippen LogP contribution in [0.2, 0.25) is 0 Å². The van der Waals surface area contributed by atoms with Gasteiger partial charge in [0.25, 0.3) is 5.91 Å². The molecule has 0 bridgehead atoms. The number of aromatic nitrogens is 1. The van der Waals surface area contributed by atoms with E-state index in [0.29, 0.717) is 12.1 Å². The van der Waals surface area contributed by atoms with Gasteiger partial charge >= 0.3 is 0 Å². The van der Waals surface area contributed by atoms with Gasteiger partial charge in [0.05, 0.1) is 12.8 Å². The number of nitrogens with zero attached hydrogens (tertiary/aromatic N) is 1. The third-order valence-corrected chi connectivity index (χ3v) is 6.64. The van der Waals surface area contributed by atoms with Crippen molar-refractivity contribution in [2.45, 2.75) is 38.6 Å². The average Bonchev–Trinajstić information content (AvgIpc) is 3.10. The zero-order chi connectivity index (χ0) is 23.3. The molecule has 1 heterocycles. The molecule has 4 aromatic rings. The average molecular weight is 451 g/mol. The predicted molar refractivity (Wildman–Crippen MR) is 137 cm³/mol. The second-order valence-corrected chi connectivity index (χ2v) is 8.81. The van der Waals surface area contributed by atoms with E-state index in [-0.39, 0.29) is 5.91 Å². The van der Waals surface area contributed by atoms with E-state index >= 15 is 0 Å². The van der Waals surface area contributed by atoms with Gasteiger partial charge in [0.15, 0.2) is 0 Å². The number of hydrogen-bond acceptors (Lipinski definition) is 2. The van der Waals surface area contributed by atoms with E-state index in [9.17, 15) is 4.79 Å². The molecule has 4 nitrogen and oxygen atoms in total. The Morgan fingerprint density at radius 1 is 0.882 bits per heavy atom. The largest absolute Gasteiger partial charge is 0.496 e. The third-order valence-electron chi connectivity index (χ3n) is 6.64. The Bertz CT molecular complexity index is 1270. The first-order valence-electron chi connectivity index (χ1n) is 12.0. The van der Waals surface area contributed by atoms with Crippen LogP contribution in [0, 0.1) is 0 Å². The van der Waals surface area contributed by atoms with Crippen molar-refractivity contribution in [1.82, 2.24) is 9.88 Å². The van der Waals surface area contributed by atoms with Crippen LogP contribution in [0.1, 0.15) is 46.4 Å². The van der Waals surface area contributed by atoms with Crippen LogP contribution in [0.3, 0.4) is 0 Å². The highest BCUT2D eigenvalue weighted by Gasteiger charge is 2.19. The molecule has 0 atom stereocenters. The summed E-state index contributed by atoms with van der Waals surface area (Å²) in [6.07, 6.45) is 5.96. The Labute approximate surface area is 201 Å². The van der Waals surface area contributed by atoms with E-state index in [1.807, 2.05) is 36.4 Å². The lowest BCUT2D eigenvalue weighted by Gasteiger charge is -2.15. The number of amides is 1. The van der Waals surface area contributed by atoms with Crippen LogP contribution in [0.15, 0.2) is 84.9 Å². The van der Waals surface area contributed by atoms with Crippen molar-refractivity contribution in [1.29, 1.82) is 0 Å². The molecular formula is C30H30N2O2. The monoisotopic (exact) mass is 450 g/mol. The van der Waals surface area contributed by atoms with E-state index in [2.05, 4.69) is 58.4 Å². The van der Waals surface area contributed by atoms with Gasteiger partial charge in [-0.15, -0.1) is 0 Å². The fraction of sp³-hybridized carbons (Fsp3) is 0.233. The number of aryl methyl sites for hydroxylation is 1. The summed E-state index contributed by atoms with van der Waals surface area (Å²) in [5, 5.41) is 3.01. The van der Waals surface area contributed by atoms with Crippen LogP contribution in [0.5, 0.6) is 5.75 Å². The molecule has 0 spiro atoms.